The molecular formula is C32H38N4O2. The predicted molar refractivity (Wildman–Crippen MR) is 155 cm³/mol. The van der Waals surface area contributed by atoms with Gasteiger partial charge in [-0.2, -0.15) is 0 Å². The number of benzene rings is 3. The zero-order valence-corrected chi connectivity index (χ0v) is 22.5. The second-order valence-electron chi connectivity index (χ2n) is 9.87. The first kappa shape index (κ1) is 28.5. The summed E-state index contributed by atoms with van der Waals surface area (Å²) in [4.78, 5) is 26.0. The lowest BCUT2D eigenvalue weighted by atomic mass is 9.89. The van der Waals surface area contributed by atoms with Crippen LogP contribution in [0.1, 0.15) is 57.1 Å². The minimum atomic E-state index is -0.733. The molecule has 3 aromatic rings. The fraction of sp³-hybridized carbons (Fsp3) is 0.312. The number of nitrogens with one attached hydrogen (secondary N) is 4. The largest absolute Gasteiger partial charge is 0.346 e. The molecule has 0 aliphatic carbocycles. The maximum Gasteiger partial charge on any atom is 0.243 e. The average Bonchev–Trinajstić information content (AvgIpc) is 2.93. The summed E-state index contributed by atoms with van der Waals surface area (Å²) in [6.45, 7) is 5.37. The molecule has 3 unspecified atom stereocenters. The smallest absolute Gasteiger partial charge is 0.243 e. The third-order valence-corrected chi connectivity index (χ3v) is 6.75. The van der Waals surface area contributed by atoms with E-state index in [-0.39, 0.29) is 24.2 Å². The Labute approximate surface area is 225 Å². The molecule has 0 saturated heterocycles. The van der Waals surface area contributed by atoms with Crippen molar-refractivity contribution < 1.29 is 9.59 Å². The summed E-state index contributed by atoms with van der Waals surface area (Å²) in [5, 5.41) is 21.9. The molecule has 0 saturated carbocycles. The molecule has 38 heavy (non-hydrogen) atoms. The van der Waals surface area contributed by atoms with Crippen molar-refractivity contribution >= 4 is 23.2 Å². The van der Waals surface area contributed by atoms with E-state index < -0.39 is 12.1 Å². The van der Waals surface area contributed by atoms with Gasteiger partial charge in [0.2, 0.25) is 11.8 Å². The van der Waals surface area contributed by atoms with Gasteiger partial charge in [0.15, 0.2) is 0 Å². The van der Waals surface area contributed by atoms with Crippen LogP contribution in [0.25, 0.3) is 11.1 Å². The normalized spacial score (nSPS) is 13.1. The van der Waals surface area contributed by atoms with Crippen LogP contribution in [0.5, 0.6) is 0 Å². The minimum Gasteiger partial charge on any atom is -0.346 e. The van der Waals surface area contributed by atoms with E-state index in [0.29, 0.717) is 30.7 Å². The quantitative estimate of drug-likeness (QED) is 0.214. The topological polar surface area (TPSA) is 106 Å². The molecule has 2 amide bonds. The molecule has 0 aromatic heterocycles. The molecule has 0 aliphatic rings. The van der Waals surface area contributed by atoms with Gasteiger partial charge in [-0.25, -0.2) is 0 Å². The Balaban J connectivity index is 1.73. The Kier molecular flexibility index (Phi) is 10.5. The summed E-state index contributed by atoms with van der Waals surface area (Å²) in [5.74, 6) is -0.685. The molecule has 4 N–H and O–H groups in total. The van der Waals surface area contributed by atoms with Crippen LogP contribution in [0.2, 0.25) is 0 Å². The van der Waals surface area contributed by atoms with Gasteiger partial charge in [-0.15, -0.1) is 0 Å². The Morgan fingerprint density at radius 1 is 0.763 bits per heavy atom. The van der Waals surface area contributed by atoms with Crippen LogP contribution in [0.3, 0.4) is 0 Å². The summed E-state index contributed by atoms with van der Waals surface area (Å²) in [5.41, 5.74) is 5.13. The molecule has 3 atom stereocenters. The zero-order chi connectivity index (χ0) is 27.5. The van der Waals surface area contributed by atoms with Gasteiger partial charge in [-0.3, -0.25) is 9.59 Å². The summed E-state index contributed by atoms with van der Waals surface area (Å²) < 4.78 is 0. The van der Waals surface area contributed by atoms with Crippen LogP contribution in [0.4, 0.5) is 0 Å². The van der Waals surface area contributed by atoms with Gasteiger partial charge in [-0.05, 0) is 55.4 Å². The van der Waals surface area contributed by atoms with E-state index in [1.165, 1.54) is 0 Å². The van der Waals surface area contributed by atoms with Gasteiger partial charge in [0.25, 0.3) is 0 Å². The molecular weight excluding hydrogens is 472 g/mol. The Bertz CT molecular complexity index is 1220. The highest BCUT2D eigenvalue weighted by molar-refractivity contribution is 5.94. The molecule has 0 bridgehead atoms. The van der Waals surface area contributed by atoms with E-state index >= 15 is 0 Å². The summed E-state index contributed by atoms with van der Waals surface area (Å²) in [6, 6.07) is 27.0. The van der Waals surface area contributed by atoms with Crippen molar-refractivity contribution in [2.24, 2.45) is 0 Å². The molecule has 0 radical (unpaired) electrons. The van der Waals surface area contributed by atoms with Crippen molar-refractivity contribution in [2.45, 2.75) is 64.5 Å². The predicted octanol–water partition coefficient (Wildman–Crippen LogP) is 5.92. The maximum absolute atomic E-state index is 13.5. The standard InChI is InChI=1S/C32H38N4O2/c1-22(33)14-21-30(37)35-29(20-15-25-10-6-4-7-11-25)32(38)36-31(24(3)34)23(2)26-16-18-28(19-17-26)27-12-8-5-9-13-27/h4-13,16-19,23,29,31,33-34H,14-15,20-21H2,1-3H3,(H,35,37)(H,36,38). The number of carbonyl (C=O) groups is 2. The van der Waals surface area contributed by atoms with Crippen molar-refractivity contribution in [3.8, 4) is 11.1 Å². The first-order valence-electron chi connectivity index (χ1n) is 13.1. The third-order valence-electron chi connectivity index (χ3n) is 6.75. The van der Waals surface area contributed by atoms with Crippen LogP contribution in [0.15, 0.2) is 84.9 Å². The highest BCUT2D eigenvalue weighted by Gasteiger charge is 2.28. The molecule has 6 heteroatoms. The summed E-state index contributed by atoms with van der Waals surface area (Å²) in [6.07, 6.45) is 1.60. The Hall–Kier alpha value is -4.06. The lowest BCUT2D eigenvalue weighted by Gasteiger charge is -2.28. The highest BCUT2D eigenvalue weighted by Crippen LogP contribution is 2.25. The van der Waals surface area contributed by atoms with Crippen LogP contribution in [-0.4, -0.2) is 35.3 Å². The fourth-order valence-electron chi connectivity index (χ4n) is 4.46. The fourth-order valence-corrected chi connectivity index (χ4v) is 4.46. The zero-order valence-electron chi connectivity index (χ0n) is 22.5. The van der Waals surface area contributed by atoms with E-state index in [4.69, 9.17) is 10.8 Å². The number of carbonyl (C=O) groups excluding carboxylic acids is 2. The van der Waals surface area contributed by atoms with Gasteiger partial charge in [0.05, 0.1) is 6.04 Å². The summed E-state index contributed by atoms with van der Waals surface area (Å²) >= 11 is 0. The van der Waals surface area contributed by atoms with Crippen molar-refractivity contribution in [2.75, 3.05) is 0 Å². The van der Waals surface area contributed by atoms with Gasteiger partial charge in [0, 0.05) is 23.8 Å². The van der Waals surface area contributed by atoms with E-state index in [9.17, 15) is 9.59 Å². The van der Waals surface area contributed by atoms with Crippen molar-refractivity contribution in [1.82, 2.24) is 10.6 Å². The number of rotatable bonds is 13. The average molecular weight is 511 g/mol. The van der Waals surface area contributed by atoms with Crippen LogP contribution in [-0.2, 0) is 16.0 Å². The lowest BCUT2D eigenvalue weighted by Crippen LogP contribution is -2.52. The highest BCUT2D eigenvalue weighted by atomic mass is 16.2. The van der Waals surface area contributed by atoms with Crippen molar-refractivity contribution in [3.05, 3.63) is 96.1 Å². The Morgan fingerprint density at radius 3 is 1.92 bits per heavy atom. The van der Waals surface area contributed by atoms with Crippen LogP contribution >= 0.6 is 0 Å². The minimum absolute atomic E-state index is 0.132. The van der Waals surface area contributed by atoms with E-state index in [1.807, 2.05) is 67.6 Å². The molecule has 3 aromatic carbocycles. The van der Waals surface area contributed by atoms with Gasteiger partial charge < -0.3 is 21.5 Å². The monoisotopic (exact) mass is 510 g/mol. The number of amides is 2. The molecule has 0 aliphatic heterocycles. The van der Waals surface area contributed by atoms with Crippen LogP contribution in [0, 0.1) is 10.8 Å². The summed E-state index contributed by atoms with van der Waals surface area (Å²) in [7, 11) is 0. The second-order valence-corrected chi connectivity index (χ2v) is 9.87. The van der Waals surface area contributed by atoms with Crippen LogP contribution < -0.4 is 10.6 Å². The lowest BCUT2D eigenvalue weighted by molar-refractivity contribution is -0.129. The number of hydrogen-bond acceptors (Lipinski definition) is 4. The molecule has 198 valence electrons. The van der Waals surface area contributed by atoms with E-state index in [1.54, 1.807) is 13.8 Å². The van der Waals surface area contributed by atoms with Gasteiger partial charge in [-0.1, -0.05) is 91.9 Å². The second kappa shape index (κ2) is 14.0. The molecule has 0 spiro atoms. The van der Waals surface area contributed by atoms with Gasteiger partial charge >= 0.3 is 0 Å². The van der Waals surface area contributed by atoms with Gasteiger partial charge in [0.1, 0.15) is 6.04 Å². The van der Waals surface area contributed by atoms with E-state index in [0.717, 1.165) is 22.3 Å². The first-order valence-corrected chi connectivity index (χ1v) is 13.1. The molecule has 3 rings (SSSR count). The van der Waals surface area contributed by atoms with Crippen molar-refractivity contribution in [3.63, 3.8) is 0 Å². The molecule has 0 heterocycles. The Morgan fingerprint density at radius 2 is 1.34 bits per heavy atom. The van der Waals surface area contributed by atoms with Crippen molar-refractivity contribution in [1.29, 1.82) is 10.8 Å². The SMILES string of the molecule is CC(=N)CCC(=O)NC(CCc1ccccc1)C(=O)NC(C(C)=N)C(C)c1ccc(-c2ccccc2)cc1. The maximum atomic E-state index is 13.5. The number of hydrogen-bond donors (Lipinski definition) is 4. The molecule has 6 nitrogen and oxygen atoms in total. The molecule has 0 fully saturated rings. The first-order chi connectivity index (χ1) is 18.2. The van der Waals surface area contributed by atoms with E-state index in [2.05, 4.69) is 34.9 Å². The third kappa shape index (κ3) is 8.51. The number of aryl methyl sites for hydroxylation is 1.